The first kappa shape index (κ1) is 14.3. The van der Waals surface area contributed by atoms with Gasteiger partial charge in [-0.1, -0.05) is 0 Å². The summed E-state index contributed by atoms with van der Waals surface area (Å²) < 4.78 is 0. The topological polar surface area (TPSA) is 70.2 Å². The van der Waals surface area contributed by atoms with Crippen molar-refractivity contribution >= 4 is 11.7 Å². The summed E-state index contributed by atoms with van der Waals surface area (Å²) in [7, 11) is 1.60. The summed E-state index contributed by atoms with van der Waals surface area (Å²) in [5, 5.41) is 14.4. The van der Waals surface area contributed by atoms with E-state index in [9.17, 15) is 4.79 Å². The third-order valence-electron chi connectivity index (χ3n) is 4.25. The lowest BCUT2D eigenvalue weighted by molar-refractivity contribution is 0.0957. The Hall–Kier alpha value is -1.69. The fourth-order valence-corrected chi connectivity index (χ4v) is 2.90. The zero-order valence-corrected chi connectivity index (χ0v) is 12.5. The van der Waals surface area contributed by atoms with Gasteiger partial charge in [-0.25, -0.2) is 0 Å². The third kappa shape index (κ3) is 3.50. The van der Waals surface area contributed by atoms with Crippen LogP contribution in [-0.2, 0) is 0 Å². The summed E-state index contributed by atoms with van der Waals surface area (Å²) >= 11 is 0. The van der Waals surface area contributed by atoms with Crippen LogP contribution >= 0.6 is 0 Å². The van der Waals surface area contributed by atoms with Gasteiger partial charge in [0.25, 0.3) is 5.91 Å². The predicted molar refractivity (Wildman–Crippen MR) is 81.4 cm³/mol. The Balaban J connectivity index is 1.69. The molecule has 1 aliphatic carbocycles. The van der Waals surface area contributed by atoms with E-state index in [1.165, 1.54) is 25.7 Å². The molecular weight excluding hydrogens is 266 g/mol. The molecular formula is C15H23N5O. The second-order valence-corrected chi connectivity index (χ2v) is 5.95. The van der Waals surface area contributed by atoms with Gasteiger partial charge in [0.1, 0.15) is 0 Å². The largest absolute Gasteiger partial charge is 0.354 e. The van der Waals surface area contributed by atoms with E-state index in [-0.39, 0.29) is 5.91 Å². The molecule has 1 saturated heterocycles. The van der Waals surface area contributed by atoms with Gasteiger partial charge in [0.05, 0.1) is 0 Å². The highest BCUT2D eigenvalue weighted by Crippen LogP contribution is 2.31. The smallest absolute Gasteiger partial charge is 0.271 e. The summed E-state index contributed by atoms with van der Waals surface area (Å²) in [5.74, 6) is 1.39. The average molecular weight is 289 g/mol. The van der Waals surface area contributed by atoms with Gasteiger partial charge in [-0.2, -0.15) is 0 Å². The molecule has 1 amide bonds. The lowest BCUT2D eigenvalue weighted by Crippen LogP contribution is -2.39. The maximum absolute atomic E-state index is 11.5. The highest BCUT2D eigenvalue weighted by molar-refractivity contribution is 5.91. The number of piperidine rings is 1. The molecule has 2 fully saturated rings. The minimum absolute atomic E-state index is 0.191. The molecule has 1 saturated carbocycles. The van der Waals surface area contributed by atoms with E-state index in [1.54, 1.807) is 13.1 Å². The molecule has 0 aromatic carbocycles. The number of aromatic nitrogens is 2. The second-order valence-electron chi connectivity index (χ2n) is 5.95. The number of anilines is 1. The Labute approximate surface area is 125 Å². The summed E-state index contributed by atoms with van der Waals surface area (Å²) in [6.07, 6.45) is 5.00. The first-order valence-electron chi connectivity index (χ1n) is 7.81. The van der Waals surface area contributed by atoms with Crippen molar-refractivity contribution in [2.75, 3.05) is 31.6 Å². The molecule has 3 rings (SSSR count). The lowest BCUT2D eigenvalue weighted by Gasteiger charge is -2.30. The van der Waals surface area contributed by atoms with E-state index in [0.29, 0.717) is 17.7 Å². The lowest BCUT2D eigenvalue weighted by atomic mass is 9.99. The second kappa shape index (κ2) is 6.39. The van der Waals surface area contributed by atoms with Gasteiger partial charge in [-0.3, -0.25) is 4.79 Å². The third-order valence-corrected chi connectivity index (χ3v) is 4.25. The predicted octanol–water partition coefficient (Wildman–Crippen LogP) is 0.805. The average Bonchev–Trinajstić information content (AvgIpc) is 3.38. The molecule has 1 aliphatic heterocycles. The molecule has 2 heterocycles. The first-order valence-corrected chi connectivity index (χ1v) is 7.81. The Bertz CT molecular complexity index is 479. The van der Waals surface area contributed by atoms with Crippen molar-refractivity contribution in [3.8, 4) is 0 Å². The van der Waals surface area contributed by atoms with Crippen molar-refractivity contribution < 1.29 is 4.79 Å². The molecule has 1 atom stereocenters. The number of hydrogen-bond donors (Lipinski definition) is 2. The van der Waals surface area contributed by atoms with Crippen LogP contribution in [0.2, 0.25) is 0 Å². The Morgan fingerprint density at radius 2 is 2.24 bits per heavy atom. The van der Waals surface area contributed by atoms with Crippen LogP contribution in [0.25, 0.3) is 0 Å². The van der Waals surface area contributed by atoms with Crippen LogP contribution < -0.4 is 15.5 Å². The van der Waals surface area contributed by atoms with E-state index >= 15 is 0 Å². The quantitative estimate of drug-likeness (QED) is 0.839. The molecule has 0 bridgehead atoms. The molecule has 0 spiro atoms. The summed E-state index contributed by atoms with van der Waals surface area (Å²) in [4.78, 5) is 13.9. The van der Waals surface area contributed by atoms with Gasteiger partial charge in [-0.05, 0) is 56.8 Å². The van der Waals surface area contributed by atoms with Crippen LogP contribution in [0, 0.1) is 5.92 Å². The number of rotatable bonds is 5. The Morgan fingerprint density at radius 3 is 2.81 bits per heavy atom. The van der Waals surface area contributed by atoms with Crippen molar-refractivity contribution in [1.82, 2.24) is 20.8 Å². The Morgan fingerprint density at radius 1 is 1.38 bits per heavy atom. The van der Waals surface area contributed by atoms with Gasteiger partial charge >= 0.3 is 0 Å². The van der Waals surface area contributed by atoms with Crippen molar-refractivity contribution in [2.24, 2.45) is 5.92 Å². The molecule has 6 heteroatoms. The molecule has 21 heavy (non-hydrogen) atoms. The zero-order chi connectivity index (χ0) is 14.7. The van der Waals surface area contributed by atoms with E-state index in [0.717, 1.165) is 25.5 Å². The van der Waals surface area contributed by atoms with Crippen LogP contribution in [0.15, 0.2) is 12.1 Å². The van der Waals surface area contributed by atoms with Gasteiger partial charge in [0, 0.05) is 19.6 Å². The summed E-state index contributed by atoms with van der Waals surface area (Å²) in [5.41, 5.74) is 0.372. The van der Waals surface area contributed by atoms with Crippen LogP contribution in [0.3, 0.4) is 0 Å². The SMILES string of the molecule is CNC(=O)c1ccc(N(CC2CCCNC2)C2CC2)nn1. The normalized spacial score (nSPS) is 21.9. The van der Waals surface area contributed by atoms with Crippen molar-refractivity contribution in [1.29, 1.82) is 0 Å². The summed E-state index contributed by atoms with van der Waals surface area (Å²) in [6, 6.07) is 4.29. The van der Waals surface area contributed by atoms with Gasteiger partial charge < -0.3 is 15.5 Å². The monoisotopic (exact) mass is 289 g/mol. The molecule has 2 aliphatic rings. The zero-order valence-electron chi connectivity index (χ0n) is 12.5. The molecule has 114 valence electrons. The fourth-order valence-electron chi connectivity index (χ4n) is 2.90. The van der Waals surface area contributed by atoms with E-state index < -0.39 is 0 Å². The van der Waals surface area contributed by atoms with Crippen LogP contribution in [-0.4, -0.2) is 48.8 Å². The van der Waals surface area contributed by atoms with Gasteiger partial charge in [0.15, 0.2) is 11.5 Å². The maximum atomic E-state index is 11.5. The molecule has 1 aromatic heterocycles. The number of carbonyl (C=O) groups is 1. The first-order chi connectivity index (χ1) is 10.3. The maximum Gasteiger partial charge on any atom is 0.271 e. The molecule has 2 N–H and O–H groups in total. The van der Waals surface area contributed by atoms with E-state index in [2.05, 4.69) is 25.7 Å². The number of nitrogens with one attached hydrogen (secondary N) is 2. The molecule has 1 aromatic rings. The van der Waals surface area contributed by atoms with E-state index in [4.69, 9.17) is 0 Å². The molecule has 1 unspecified atom stereocenters. The molecule has 6 nitrogen and oxygen atoms in total. The van der Waals surface area contributed by atoms with Gasteiger partial charge in [0.2, 0.25) is 0 Å². The van der Waals surface area contributed by atoms with Crippen molar-refractivity contribution in [3.05, 3.63) is 17.8 Å². The van der Waals surface area contributed by atoms with Crippen LogP contribution in [0.5, 0.6) is 0 Å². The highest BCUT2D eigenvalue weighted by Gasteiger charge is 2.32. The highest BCUT2D eigenvalue weighted by atomic mass is 16.1. The van der Waals surface area contributed by atoms with Crippen LogP contribution in [0.1, 0.15) is 36.2 Å². The number of amides is 1. The number of nitrogens with zero attached hydrogens (tertiary/aromatic N) is 3. The van der Waals surface area contributed by atoms with E-state index in [1.807, 2.05) is 6.07 Å². The Kier molecular flexibility index (Phi) is 4.34. The number of carbonyl (C=O) groups excluding carboxylic acids is 1. The fraction of sp³-hybridized carbons (Fsp3) is 0.667. The van der Waals surface area contributed by atoms with Crippen LogP contribution in [0.4, 0.5) is 5.82 Å². The van der Waals surface area contributed by atoms with Crippen molar-refractivity contribution in [2.45, 2.75) is 31.7 Å². The minimum atomic E-state index is -0.191. The molecule has 0 radical (unpaired) electrons. The van der Waals surface area contributed by atoms with Crippen molar-refractivity contribution in [3.63, 3.8) is 0 Å². The summed E-state index contributed by atoms with van der Waals surface area (Å²) in [6.45, 7) is 3.26. The number of hydrogen-bond acceptors (Lipinski definition) is 5. The minimum Gasteiger partial charge on any atom is -0.354 e. The van der Waals surface area contributed by atoms with Gasteiger partial charge in [-0.15, -0.1) is 10.2 Å². The standard InChI is InChI=1S/C15H23N5O/c1-16-15(21)13-6-7-14(19-18-13)20(12-4-5-12)10-11-3-2-8-17-9-11/h6-7,11-12,17H,2-5,8-10H2,1H3,(H,16,21).